The van der Waals surface area contributed by atoms with Crippen LogP contribution in [0.1, 0.15) is 49.3 Å². The van der Waals surface area contributed by atoms with E-state index in [4.69, 9.17) is 4.42 Å². The summed E-state index contributed by atoms with van der Waals surface area (Å²) >= 11 is 0. The average Bonchev–Trinajstić information content (AvgIpc) is 3.46. The van der Waals surface area contributed by atoms with E-state index in [1.54, 1.807) is 36.7 Å². The first-order valence-electron chi connectivity index (χ1n) is 12.0. The zero-order valence-electron chi connectivity index (χ0n) is 21.9. The van der Waals surface area contributed by atoms with Gasteiger partial charge >= 0.3 is 0 Å². The minimum atomic E-state index is -0.952. The Morgan fingerprint density at radius 2 is 1.78 bits per heavy atom. The van der Waals surface area contributed by atoms with Crippen LogP contribution in [0.5, 0.6) is 0 Å². The number of hydrogen-bond acceptors (Lipinski definition) is 7. The number of benzene rings is 1. The quantitative estimate of drug-likeness (QED) is 0.407. The van der Waals surface area contributed by atoms with Gasteiger partial charge < -0.3 is 9.73 Å². The van der Waals surface area contributed by atoms with Gasteiger partial charge in [-0.1, -0.05) is 17.7 Å². The number of nitrogens with zero attached hydrogens (tertiary/aromatic N) is 6. The predicted molar refractivity (Wildman–Crippen MR) is 139 cm³/mol. The van der Waals surface area contributed by atoms with Gasteiger partial charge in [-0.05, 0) is 88.2 Å². The van der Waals surface area contributed by atoms with Crippen LogP contribution < -0.4 is 10.2 Å². The van der Waals surface area contributed by atoms with E-state index in [9.17, 15) is 9.59 Å². The van der Waals surface area contributed by atoms with Crippen LogP contribution in [0.3, 0.4) is 0 Å². The Hall–Kier alpha value is -4.34. The summed E-state index contributed by atoms with van der Waals surface area (Å²) in [5, 5.41) is 15.4. The summed E-state index contributed by atoms with van der Waals surface area (Å²) in [6.45, 7) is 11.2. The molecule has 4 rings (SSSR count). The van der Waals surface area contributed by atoms with Crippen molar-refractivity contribution in [3.8, 4) is 11.6 Å². The van der Waals surface area contributed by atoms with Gasteiger partial charge in [0.1, 0.15) is 18.3 Å². The molecule has 1 aromatic carbocycles. The van der Waals surface area contributed by atoms with Crippen LogP contribution in [-0.4, -0.2) is 42.5 Å². The number of aromatic nitrogens is 5. The zero-order chi connectivity index (χ0) is 26.7. The highest BCUT2D eigenvalue weighted by Gasteiger charge is 2.35. The second-order valence-corrected chi connectivity index (χ2v) is 10.0. The largest absolute Gasteiger partial charge is 0.458 e. The lowest BCUT2D eigenvalue weighted by Crippen LogP contribution is -2.50. The number of furan rings is 1. The van der Waals surface area contributed by atoms with Crippen LogP contribution in [0.4, 0.5) is 5.69 Å². The number of aryl methyl sites for hydroxylation is 3. The van der Waals surface area contributed by atoms with Crippen molar-refractivity contribution in [2.75, 3.05) is 4.90 Å². The standard InChI is InChI=1S/C27H31N7O3/c1-17-7-9-21(18(2)15-17)34(24(20-11-13-28-14-12-20)26(36)29-27(4,5)6)23(35)16-33-31-25(30-32-33)22-10-8-19(3)37-22/h7-15,24H,16H2,1-6H3,(H,29,36)/t24-/m1/s1. The van der Waals surface area contributed by atoms with Gasteiger partial charge in [0.05, 0.1) is 0 Å². The molecule has 0 saturated carbocycles. The van der Waals surface area contributed by atoms with Crippen molar-refractivity contribution in [1.82, 2.24) is 30.5 Å². The molecule has 0 aliphatic heterocycles. The first-order valence-corrected chi connectivity index (χ1v) is 12.0. The van der Waals surface area contributed by atoms with E-state index in [-0.39, 0.29) is 24.2 Å². The van der Waals surface area contributed by atoms with Crippen LogP contribution in [0.25, 0.3) is 11.6 Å². The van der Waals surface area contributed by atoms with Gasteiger partial charge in [0.2, 0.25) is 11.7 Å². The highest BCUT2D eigenvalue weighted by atomic mass is 16.3. The number of rotatable bonds is 7. The van der Waals surface area contributed by atoms with E-state index in [1.807, 2.05) is 59.7 Å². The minimum absolute atomic E-state index is 0.232. The Balaban J connectivity index is 1.76. The van der Waals surface area contributed by atoms with Gasteiger partial charge in [0.15, 0.2) is 5.76 Å². The summed E-state index contributed by atoms with van der Waals surface area (Å²) in [6, 6.07) is 11.8. The van der Waals surface area contributed by atoms with E-state index < -0.39 is 11.6 Å². The Morgan fingerprint density at radius 3 is 2.41 bits per heavy atom. The van der Waals surface area contributed by atoms with E-state index in [0.717, 1.165) is 11.1 Å². The van der Waals surface area contributed by atoms with Crippen LogP contribution in [0.15, 0.2) is 59.3 Å². The molecule has 1 N–H and O–H groups in total. The second-order valence-electron chi connectivity index (χ2n) is 10.0. The Bertz CT molecular complexity index is 1400. The normalized spacial score (nSPS) is 12.3. The zero-order valence-corrected chi connectivity index (χ0v) is 21.9. The topological polar surface area (TPSA) is 119 Å². The van der Waals surface area contributed by atoms with Crippen LogP contribution >= 0.6 is 0 Å². The maximum absolute atomic E-state index is 14.0. The van der Waals surface area contributed by atoms with Crippen molar-refractivity contribution >= 4 is 17.5 Å². The molecule has 192 valence electrons. The highest BCUT2D eigenvalue weighted by molar-refractivity contribution is 6.01. The first-order chi connectivity index (χ1) is 17.5. The average molecular weight is 502 g/mol. The van der Waals surface area contributed by atoms with Gasteiger partial charge in [-0.3, -0.25) is 19.5 Å². The van der Waals surface area contributed by atoms with Crippen molar-refractivity contribution in [2.24, 2.45) is 0 Å². The van der Waals surface area contributed by atoms with Gasteiger partial charge in [0, 0.05) is 23.6 Å². The summed E-state index contributed by atoms with van der Waals surface area (Å²) in [5.74, 6) is 0.757. The van der Waals surface area contributed by atoms with Crippen LogP contribution in [0.2, 0.25) is 0 Å². The number of pyridine rings is 1. The third-order valence-electron chi connectivity index (χ3n) is 5.60. The molecule has 0 spiro atoms. The molecule has 0 radical (unpaired) electrons. The summed E-state index contributed by atoms with van der Waals surface area (Å²) in [7, 11) is 0. The van der Waals surface area contributed by atoms with Crippen molar-refractivity contribution in [1.29, 1.82) is 0 Å². The maximum Gasteiger partial charge on any atom is 0.251 e. The fourth-order valence-electron chi connectivity index (χ4n) is 4.06. The predicted octanol–water partition coefficient (Wildman–Crippen LogP) is 3.94. The molecule has 0 aliphatic carbocycles. The molecule has 4 aromatic rings. The minimum Gasteiger partial charge on any atom is -0.458 e. The molecule has 0 bridgehead atoms. The molecule has 3 aromatic heterocycles. The highest BCUT2D eigenvalue weighted by Crippen LogP contribution is 2.32. The summed E-state index contributed by atoms with van der Waals surface area (Å²) < 4.78 is 5.57. The number of nitrogens with one attached hydrogen (secondary N) is 1. The first kappa shape index (κ1) is 25.7. The molecule has 0 saturated heterocycles. The summed E-state index contributed by atoms with van der Waals surface area (Å²) in [5.41, 5.74) is 2.63. The molecule has 0 aliphatic rings. The molecule has 1 atom stereocenters. The third kappa shape index (κ3) is 6.08. The number of hydrogen-bond donors (Lipinski definition) is 1. The second kappa shape index (κ2) is 10.3. The van der Waals surface area contributed by atoms with Crippen molar-refractivity contribution < 1.29 is 14.0 Å². The molecule has 3 heterocycles. The molecular weight excluding hydrogens is 470 g/mol. The Morgan fingerprint density at radius 1 is 1.05 bits per heavy atom. The van der Waals surface area contributed by atoms with Gasteiger partial charge in [-0.2, -0.15) is 4.80 Å². The van der Waals surface area contributed by atoms with E-state index in [1.165, 1.54) is 9.70 Å². The smallest absolute Gasteiger partial charge is 0.251 e. The SMILES string of the molecule is Cc1ccc(N(C(=O)Cn2nnc(-c3ccc(C)o3)n2)[C@@H](C(=O)NC(C)(C)C)c2ccncc2)c(C)c1. The number of anilines is 1. The lowest BCUT2D eigenvalue weighted by atomic mass is 10.00. The van der Waals surface area contributed by atoms with E-state index in [0.29, 0.717) is 22.8 Å². The molecule has 0 unspecified atom stereocenters. The molecule has 0 fully saturated rings. The monoisotopic (exact) mass is 501 g/mol. The molecular formula is C27H31N7O3. The molecule has 10 nitrogen and oxygen atoms in total. The summed E-state index contributed by atoms with van der Waals surface area (Å²) in [4.78, 5) is 34.5. The summed E-state index contributed by atoms with van der Waals surface area (Å²) in [6.07, 6.45) is 3.21. The molecule has 2 amide bonds. The van der Waals surface area contributed by atoms with Crippen LogP contribution in [-0.2, 0) is 16.1 Å². The fourth-order valence-corrected chi connectivity index (χ4v) is 4.06. The van der Waals surface area contributed by atoms with Crippen LogP contribution in [0, 0.1) is 20.8 Å². The molecule has 10 heteroatoms. The number of carbonyl (C=O) groups excluding carboxylic acids is 2. The van der Waals surface area contributed by atoms with Gasteiger partial charge in [0.25, 0.3) is 5.91 Å². The third-order valence-corrected chi connectivity index (χ3v) is 5.60. The number of tetrazole rings is 1. The lowest BCUT2D eigenvalue weighted by Gasteiger charge is -2.34. The van der Waals surface area contributed by atoms with Crippen molar-refractivity contribution in [3.05, 3.63) is 77.3 Å². The van der Waals surface area contributed by atoms with Gasteiger partial charge in [-0.15, -0.1) is 10.2 Å². The number of carbonyl (C=O) groups is 2. The van der Waals surface area contributed by atoms with Crippen molar-refractivity contribution in [2.45, 2.75) is 59.7 Å². The van der Waals surface area contributed by atoms with E-state index in [2.05, 4.69) is 25.7 Å². The molecule has 37 heavy (non-hydrogen) atoms. The Kier molecular flexibility index (Phi) is 7.19. The Labute approximate surface area is 215 Å². The van der Waals surface area contributed by atoms with Crippen molar-refractivity contribution in [3.63, 3.8) is 0 Å². The number of amides is 2. The van der Waals surface area contributed by atoms with E-state index >= 15 is 0 Å². The lowest BCUT2D eigenvalue weighted by molar-refractivity contribution is -0.128. The van der Waals surface area contributed by atoms with Gasteiger partial charge in [-0.25, -0.2) is 0 Å². The fraction of sp³-hybridized carbons (Fsp3) is 0.333. The maximum atomic E-state index is 14.0.